The summed E-state index contributed by atoms with van der Waals surface area (Å²) in [6.07, 6.45) is 7.79. The van der Waals surface area contributed by atoms with E-state index in [1.165, 1.54) is 12.8 Å². The van der Waals surface area contributed by atoms with Crippen molar-refractivity contribution in [1.29, 1.82) is 0 Å². The summed E-state index contributed by atoms with van der Waals surface area (Å²) in [4.78, 5) is 5.22. The number of imidazole rings is 1. The van der Waals surface area contributed by atoms with Gasteiger partial charge in [-0.1, -0.05) is 57.4 Å². The summed E-state index contributed by atoms with van der Waals surface area (Å²) >= 11 is 0. The Labute approximate surface area is 221 Å². The number of fused-ring (bicyclic) bond motifs is 1. The second-order valence-electron chi connectivity index (χ2n) is 9.60. The van der Waals surface area contributed by atoms with Crippen LogP contribution in [-0.4, -0.2) is 29.9 Å². The van der Waals surface area contributed by atoms with Crippen molar-refractivity contribution in [2.24, 2.45) is 0 Å². The van der Waals surface area contributed by atoms with Crippen LogP contribution in [0.25, 0.3) is 27.8 Å². The summed E-state index contributed by atoms with van der Waals surface area (Å²) in [6, 6.07) is 20.6. The van der Waals surface area contributed by atoms with Crippen molar-refractivity contribution in [2.75, 3.05) is 14.2 Å². The van der Waals surface area contributed by atoms with E-state index < -0.39 is 0 Å². The third kappa shape index (κ3) is 5.93. The summed E-state index contributed by atoms with van der Waals surface area (Å²) in [5.41, 5.74) is 5.12. The molecule has 1 heterocycles. The molecule has 4 aromatic rings. The Morgan fingerprint density at radius 3 is 2.38 bits per heavy atom. The van der Waals surface area contributed by atoms with Crippen molar-refractivity contribution in [3.63, 3.8) is 0 Å². The molecule has 1 atom stereocenters. The van der Waals surface area contributed by atoms with Gasteiger partial charge >= 0.3 is 0 Å². The van der Waals surface area contributed by atoms with Crippen molar-refractivity contribution < 1.29 is 14.2 Å². The largest absolute Gasteiger partial charge is 0.497 e. The van der Waals surface area contributed by atoms with Gasteiger partial charge in [0.2, 0.25) is 0 Å². The van der Waals surface area contributed by atoms with Gasteiger partial charge in [-0.15, -0.1) is 0 Å². The van der Waals surface area contributed by atoms with Crippen molar-refractivity contribution in [3.8, 4) is 34.1 Å². The number of nitrogens with zero attached hydrogens (tertiary/aromatic N) is 2. The molecule has 0 aliphatic rings. The smallest absolute Gasteiger partial charge is 0.142 e. The number of aryl methyl sites for hydroxylation is 1. The van der Waals surface area contributed by atoms with Crippen molar-refractivity contribution >= 4 is 11.0 Å². The van der Waals surface area contributed by atoms with Crippen LogP contribution in [0.5, 0.6) is 17.2 Å². The van der Waals surface area contributed by atoms with E-state index in [-0.39, 0.29) is 6.10 Å². The van der Waals surface area contributed by atoms with Gasteiger partial charge in [0.15, 0.2) is 0 Å². The van der Waals surface area contributed by atoms with E-state index in [2.05, 4.69) is 55.7 Å². The highest BCUT2D eigenvalue weighted by molar-refractivity contribution is 5.95. The maximum atomic E-state index is 6.53. The topological polar surface area (TPSA) is 45.5 Å². The quantitative estimate of drug-likeness (QED) is 0.173. The molecule has 0 aliphatic carbocycles. The molecular weight excluding hydrogens is 460 g/mol. The van der Waals surface area contributed by atoms with E-state index in [4.69, 9.17) is 19.2 Å². The van der Waals surface area contributed by atoms with Gasteiger partial charge < -0.3 is 14.2 Å². The van der Waals surface area contributed by atoms with Gasteiger partial charge in [0.1, 0.15) is 23.1 Å². The van der Waals surface area contributed by atoms with Gasteiger partial charge in [-0.05, 0) is 56.5 Å². The van der Waals surface area contributed by atoms with Crippen LogP contribution in [0.1, 0.15) is 65.1 Å². The van der Waals surface area contributed by atoms with E-state index in [1.807, 2.05) is 30.3 Å². The molecule has 5 heteroatoms. The summed E-state index contributed by atoms with van der Waals surface area (Å²) in [7, 11) is 3.41. The lowest BCUT2D eigenvalue weighted by Gasteiger charge is -2.19. The number of hydrogen-bond acceptors (Lipinski definition) is 4. The third-order valence-corrected chi connectivity index (χ3v) is 6.86. The minimum Gasteiger partial charge on any atom is -0.497 e. The Bertz CT molecular complexity index is 1310. The summed E-state index contributed by atoms with van der Waals surface area (Å²) in [6.45, 7) is 6.59. The zero-order valence-corrected chi connectivity index (χ0v) is 22.9. The van der Waals surface area contributed by atoms with Gasteiger partial charge in [0, 0.05) is 23.6 Å². The molecular formula is C32H40N2O3. The molecule has 196 valence electrons. The van der Waals surface area contributed by atoms with Gasteiger partial charge in [-0.2, -0.15) is 0 Å². The van der Waals surface area contributed by atoms with E-state index in [1.54, 1.807) is 14.2 Å². The fourth-order valence-electron chi connectivity index (χ4n) is 4.86. The van der Waals surface area contributed by atoms with Crippen molar-refractivity contribution in [1.82, 2.24) is 9.55 Å². The molecule has 3 aromatic carbocycles. The van der Waals surface area contributed by atoms with Crippen LogP contribution in [0, 0.1) is 0 Å². The normalized spacial score (nSPS) is 12.0. The van der Waals surface area contributed by atoms with Crippen molar-refractivity contribution in [2.45, 2.75) is 71.8 Å². The highest BCUT2D eigenvalue weighted by atomic mass is 16.5. The second-order valence-corrected chi connectivity index (χ2v) is 9.60. The molecule has 0 amide bonds. The maximum Gasteiger partial charge on any atom is 0.142 e. The molecule has 1 unspecified atom stereocenters. The zero-order valence-electron chi connectivity index (χ0n) is 22.9. The number of hydrogen-bond donors (Lipinski definition) is 0. The lowest BCUT2D eigenvalue weighted by atomic mass is 10.0. The lowest BCUT2D eigenvalue weighted by molar-refractivity contribution is 0.207. The molecule has 1 aromatic heterocycles. The van der Waals surface area contributed by atoms with Gasteiger partial charge in [-0.25, -0.2) is 4.98 Å². The number of para-hydroxylation sites is 3. The van der Waals surface area contributed by atoms with Crippen LogP contribution in [0.15, 0.2) is 60.7 Å². The van der Waals surface area contributed by atoms with Gasteiger partial charge in [0.25, 0.3) is 0 Å². The van der Waals surface area contributed by atoms with E-state index in [9.17, 15) is 0 Å². The van der Waals surface area contributed by atoms with Crippen LogP contribution in [0.4, 0.5) is 0 Å². The minimum atomic E-state index is 0.114. The first kappa shape index (κ1) is 26.6. The summed E-state index contributed by atoms with van der Waals surface area (Å²) in [5.74, 6) is 3.49. The Hall–Kier alpha value is -3.47. The molecule has 0 saturated carbocycles. The van der Waals surface area contributed by atoms with E-state index in [0.29, 0.717) is 0 Å². The van der Waals surface area contributed by atoms with Crippen molar-refractivity contribution in [3.05, 3.63) is 66.5 Å². The summed E-state index contributed by atoms with van der Waals surface area (Å²) in [5, 5.41) is 0. The predicted molar refractivity (Wildman–Crippen MR) is 152 cm³/mol. The van der Waals surface area contributed by atoms with Crippen LogP contribution in [-0.2, 0) is 6.42 Å². The first-order chi connectivity index (χ1) is 18.1. The average molecular weight is 501 g/mol. The fourth-order valence-corrected chi connectivity index (χ4v) is 4.86. The van der Waals surface area contributed by atoms with Crippen LogP contribution < -0.4 is 14.2 Å². The second kappa shape index (κ2) is 12.7. The molecule has 4 rings (SSSR count). The number of aromatic nitrogens is 2. The SMILES string of the molecule is CCCCCC(C)Oc1cc(OC)ccc1-c1cccc2c1nc(CCCC)n2-c1ccccc1OC. The van der Waals surface area contributed by atoms with Gasteiger partial charge in [-0.3, -0.25) is 4.57 Å². The number of unbranched alkanes of at least 4 members (excludes halogenated alkanes) is 3. The lowest BCUT2D eigenvalue weighted by Crippen LogP contribution is -2.12. The Morgan fingerprint density at radius 1 is 0.811 bits per heavy atom. The van der Waals surface area contributed by atoms with Crippen LogP contribution in [0.2, 0.25) is 0 Å². The molecule has 0 radical (unpaired) electrons. The standard InChI is InChI=1S/C32H40N2O3/c1-6-8-10-14-23(3)37-30-22-24(35-4)20-21-25(30)26-15-13-17-28-32(26)33-31(19-9-7-2)34(28)27-16-11-12-18-29(27)36-5/h11-13,15-18,20-23H,6-10,14,19H2,1-5H3. The molecule has 5 nitrogen and oxygen atoms in total. The zero-order chi connectivity index (χ0) is 26.2. The number of methoxy groups -OCH3 is 2. The number of rotatable bonds is 13. The van der Waals surface area contributed by atoms with E-state index >= 15 is 0 Å². The number of ether oxygens (including phenoxy) is 3. The molecule has 0 fully saturated rings. The first-order valence-corrected chi connectivity index (χ1v) is 13.6. The Balaban J connectivity index is 1.86. The van der Waals surface area contributed by atoms with Gasteiger partial charge in [0.05, 0.1) is 37.0 Å². The monoisotopic (exact) mass is 500 g/mol. The van der Waals surface area contributed by atoms with E-state index in [0.717, 1.165) is 83.0 Å². The maximum absolute atomic E-state index is 6.53. The number of benzene rings is 3. The molecule has 0 N–H and O–H groups in total. The van der Waals surface area contributed by atoms with Crippen LogP contribution >= 0.6 is 0 Å². The first-order valence-electron chi connectivity index (χ1n) is 13.6. The highest BCUT2D eigenvalue weighted by Gasteiger charge is 2.20. The molecule has 0 aliphatic heterocycles. The molecule has 0 saturated heterocycles. The fraction of sp³-hybridized carbons (Fsp3) is 0.406. The molecule has 0 bridgehead atoms. The van der Waals surface area contributed by atoms with Crippen LogP contribution in [0.3, 0.4) is 0 Å². The molecule has 0 spiro atoms. The minimum absolute atomic E-state index is 0.114. The average Bonchev–Trinajstić information content (AvgIpc) is 3.30. The third-order valence-electron chi connectivity index (χ3n) is 6.86. The Kier molecular flexibility index (Phi) is 9.10. The highest BCUT2D eigenvalue weighted by Crippen LogP contribution is 2.39. The molecule has 37 heavy (non-hydrogen) atoms. The predicted octanol–water partition coefficient (Wildman–Crippen LogP) is 8.40. The summed E-state index contributed by atoms with van der Waals surface area (Å²) < 4.78 is 20.1. The Morgan fingerprint density at radius 2 is 1.62 bits per heavy atom.